The fraction of sp³-hybridized carbons (Fsp3) is 0.385. The Labute approximate surface area is 106 Å². The lowest BCUT2D eigenvalue weighted by Gasteiger charge is -2.13. The monoisotopic (exact) mass is 283 g/mol. The highest BCUT2D eigenvalue weighted by molar-refractivity contribution is 9.11. The third kappa shape index (κ3) is 4.37. The Balaban J connectivity index is 2.57. The van der Waals surface area contributed by atoms with E-state index < -0.39 is 0 Å². The van der Waals surface area contributed by atoms with Crippen LogP contribution in [0.4, 0.5) is 0 Å². The summed E-state index contributed by atoms with van der Waals surface area (Å²) in [5.41, 5.74) is 1.27. The quantitative estimate of drug-likeness (QED) is 0.861. The molecule has 3 heteroatoms. The number of benzene rings is 1. The molecule has 1 rings (SSSR count). The van der Waals surface area contributed by atoms with Crippen LogP contribution in [-0.4, -0.2) is 13.2 Å². The molecule has 1 aromatic carbocycles. The number of ether oxygens (including phenoxy) is 1. The van der Waals surface area contributed by atoms with Gasteiger partial charge in [0.15, 0.2) is 0 Å². The minimum atomic E-state index is 0.380. The van der Waals surface area contributed by atoms with Crippen molar-refractivity contribution in [1.82, 2.24) is 5.32 Å². The predicted molar refractivity (Wildman–Crippen MR) is 72.1 cm³/mol. The van der Waals surface area contributed by atoms with Crippen LogP contribution in [0.15, 0.2) is 35.3 Å². The van der Waals surface area contributed by atoms with E-state index in [0.29, 0.717) is 12.6 Å². The fourth-order valence-corrected chi connectivity index (χ4v) is 1.55. The number of rotatable bonds is 6. The van der Waals surface area contributed by atoms with Crippen LogP contribution in [0.2, 0.25) is 0 Å². The standard InChI is InChI=1S/C13H18BrNO/c1-4-15-11(3)12-5-7-13(8-6-12)16-9-10(2)14/h5-8,11,15H,2,4,9H2,1,3H3. The molecule has 0 heterocycles. The molecule has 0 aliphatic carbocycles. The van der Waals surface area contributed by atoms with Crippen molar-refractivity contribution in [3.05, 3.63) is 40.9 Å². The van der Waals surface area contributed by atoms with Gasteiger partial charge in [0.05, 0.1) is 0 Å². The van der Waals surface area contributed by atoms with Gasteiger partial charge in [-0.15, -0.1) is 0 Å². The minimum absolute atomic E-state index is 0.380. The van der Waals surface area contributed by atoms with E-state index in [1.54, 1.807) is 0 Å². The molecular formula is C13H18BrNO. The van der Waals surface area contributed by atoms with Crippen molar-refractivity contribution >= 4 is 15.9 Å². The first-order chi connectivity index (χ1) is 7.63. The van der Waals surface area contributed by atoms with Crippen molar-refractivity contribution in [2.24, 2.45) is 0 Å². The second-order valence-corrected chi connectivity index (χ2v) is 4.78. The molecule has 16 heavy (non-hydrogen) atoms. The summed E-state index contributed by atoms with van der Waals surface area (Å²) in [5, 5.41) is 3.37. The van der Waals surface area contributed by atoms with Crippen molar-refractivity contribution in [3.8, 4) is 5.75 Å². The maximum absolute atomic E-state index is 5.50. The van der Waals surface area contributed by atoms with E-state index in [1.807, 2.05) is 12.1 Å². The van der Waals surface area contributed by atoms with Gasteiger partial charge in [0.1, 0.15) is 12.4 Å². The predicted octanol–water partition coefficient (Wildman–Crippen LogP) is 3.64. The Kier molecular flexibility index (Phi) is 5.56. The van der Waals surface area contributed by atoms with E-state index >= 15 is 0 Å². The molecule has 0 amide bonds. The lowest BCUT2D eigenvalue weighted by Crippen LogP contribution is -2.17. The normalized spacial score (nSPS) is 12.2. The fourth-order valence-electron chi connectivity index (χ4n) is 1.44. The topological polar surface area (TPSA) is 21.3 Å². The third-order valence-electron chi connectivity index (χ3n) is 2.29. The molecule has 1 atom stereocenters. The van der Waals surface area contributed by atoms with E-state index in [4.69, 9.17) is 4.74 Å². The summed E-state index contributed by atoms with van der Waals surface area (Å²) >= 11 is 3.26. The van der Waals surface area contributed by atoms with E-state index in [0.717, 1.165) is 16.8 Å². The SMILES string of the molecule is C=C(Br)COc1ccc(C(C)NCC)cc1. The van der Waals surface area contributed by atoms with Crippen LogP contribution in [0.5, 0.6) is 5.75 Å². The van der Waals surface area contributed by atoms with E-state index in [9.17, 15) is 0 Å². The molecule has 0 spiro atoms. The Morgan fingerprint density at radius 3 is 2.56 bits per heavy atom. The van der Waals surface area contributed by atoms with Gasteiger partial charge in [-0.3, -0.25) is 0 Å². The van der Waals surface area contributed by atoms with Crippen molar-refractivity contribution in [1.29, 1.82) is 0 Å². The Bertz CT molecular complexity index is 334. The van der Waals surface area contributed by atoms with Gasteiger partial charge in [0.2, 0.25) is 0 Å². The smallest absolute Gasteiger partial charge is 0.119 e. The zero-order chi connectivity index (χ0) is 12.0. The summed E-state index contributed by atoms with van der Waals surface area (Å²) in [4.78, 5) is 0. The first kappa shape index (κ1) is 13.3. The second-order valence-electron chi connectivity index (χ2n) is 3.65. The van der Waals surface area contributed by atoms with Gasteiger partial charge in [-0.25, -0.2) is 0 Å². The van der Waals surface area contributed by atoms with Crippen molar-refractivity contribution in [2.75, 3.05) is 13.2 Å². The highest BCUT2D eigenvalue weighted by atomic mass is 79.9. The molecule has 1 N–H and O–H groups in total. The molecular weight excluding hydrogens is 266 g/mol. The van der Waals surface area contributed by atoms with Gasteiger partial charge in [0, 0.05) is 10.5 Å². The molecule has 0 aliphatic heterocycles. The number of hydrogen-bond acceptors (Lipinski definition) is 2. The van der Waals surface area contributed by atoms with Crippen molar-refractivity contribution in [3.63, 3.8) is 0 Å². The minimum Gasteiger partial charge on any atom is -0.488 e. The second kappa shape index (κ2) is 6.71. The molecule has 2 nitrogen and oxygen atoms in total. The van der Waals surface area contributed by atoms with Crippen LogP contribution < -0.4 is 10.1 Å². The molecule has 1 unspecified atom stereocenters. The van der Waals surface area contributed by atoms with Gasteiger partial charge in [-0.05, 0) is 31.2 Å². The summed E-state index contributed by atoms with van der Waals surface area (Å²) in [6, 6.07) is 8.52. The molecule has 0 radical (unpaired) electrons. The van der Waals surface area contributed by atoms with Crippen molar-refractivity contribution < 1.29 is 4.74 Å². The van der Waals surface area contributed by atoms with Gasteiger partial charge in [-0.1, -0.05) is 41.6 Å². The third-order valence-corrected chi connectivity index (χ3v) is 2.51. The van der Waals surface area contributed by atoms with Gasteiger partial charge in [-0.2, -0.15) is 0 Å². The van der Waals surface area contributed by atoms with Crippen LogP contribution >= 0.6 is 15.9 Å². The average Bonchev–Trinajstić information content (AvgIpc) is 2.27. The maximum atomic E-state index is 5.50. The largest absolute Gasteiger partial charge is 0.488 e. The summed E-state index contributed by atoms with van der Waals surface area (Å²) in [6.07, 6.45) is 0. The highest BCUT2D eigenvalue weighted by Gasteiger charge is 2.03. The average molecular weight is 284 g/mol. The van der Waals surface area contributed by atoms with Crippen LogP contribution in [-0.2, 0) is 0 Å². The number of nitrogens with one attached hydrogen (secondary N) is 1. The van der Waals surface area contributed by atoms with Crippen LogP contribution in [0.25, 0.3) is 0 Å². The lowest BCUT2D eigenvalue weighted by molar-refractivity contribution is 0.360. The lowest BCUT2D eigenvalue weighted by atomic mass is 10.1. The molecule has 88 valence electrons. The number of hydrogen-bond donors (Lipinski definition) is 1. The summed E-state index contributed by atoms with van der Waals surface area (Å²) in [7, 11) is 0. The Morgan fingerprint density at radius 1 is 1.44 bits per heavy atom. The molecule has 0 saturated heterocycles. The van der Waals surface area contributed by atoms with E-state index in [-0.39, 0.29) is 0 Å². The first-order valence-electron chi connectivity index (χ1n) is 5.43. The van der Waals surface area contributed by atoms with Gasteiger partial charge < -0.3 is 10.1 Å². The van der Waals surface area contributed by atoms with Crippen molar-refractivity contribution in [2.45, 2.75) is 19.9 Å². The van der Waals surface area contributed by atoms with Crippen LogP contribution in [0, 0.1) is 0 Å². The summed E-state index contributed by atoms with van der Waals surface area (Å²) in [6.45, 7) is 9.46. The van der Waals surface area contributed by atoms with E-state index in [1.165, 1.54) is 5.56 Å². The molecule has 0 aliphatic rings. The zero-order valence-corrected chi connectivity index (χ0v) is 11.4. The molecule has 0 fully saturated rings. The zero-order valence-electron chi connectivity index (χ0n) is 9.79. The van der Waals surface area contributed by atoms with Crippen LogP contribution in [0.1, 0.15) is 25.5 Å². The summed E-state index contributed by atoms with van der Waals surface area (Å²) < 4.78 is 6.34. The molecule has 1 aromatic rings. The van der Waals surface area contributed by atoms with E-state index in [2.05, 4.69) is 53.8 Å². The van der Waals surface area contributed by atoms with Crippen LogP contribution in [0.3, 0.4) is 0 Å². The molecule has 0 aromatic heterocycles. The Hall–Kier alpha value is -0.800. The molecule has 0 saturated carbocycles. The highest BCUT2D eigenvalue weighted by Crippen LogP contribution is 2.18. The first-order valence-corrected chi connectivity index (χ1v) is 6.22. The van der Waals surface area contributed by atoms with Gasteiger partial charge >= 0.3 is 0 Å². The molecule has 0 bridgehead atoms. The number of halogens is 1. The maximum Gasteiger partial charge on any atom is 0.119 e. The summed E-state index contributed by atoms with van der Waals surface area (Å²) in [5.74, 6) is 0.869. The van der Waals surface area contributed by atoms with Gasteiger partial charge in [0.25, 0.3) is 0 Å². The Morgan fingerprint density at radius 2 is 2.06 bits per heavy atom.